The van der Waals surface area contributed by atoms with Crippen molar-refractivity contribution in [2.75, 3.05) is 62.2 Å². The van der Waals surface area contributed by atoms with E-state index in [0.29, 0.717) is 28.3 Å². The number of aromatic nitrogens is 4. The van der Waals surface area contributed by atoms with E-state index in [0.717, 1.165) is 120 Å². The van der Waals surface area contributed by atoms with Crippen molar-refractivity contribution in [3.63, 3.8) is 0 Å². The van der Waals surface area contributed by atoms with E-state index in [1.807, 2.05) is 103 Å². The Kier molecular flexibility index (Phi) is 10.3. The average Bonchev–Trinajstić information content (AvgIpc) is 3.76. The van der Waals surface area contributed by atoms with Gasteiger partial charge in [0.15, 0.2) is 0 Å². The summed E-state index contributed by atoms with van der Waals surface area (Å²) in [4.78, 5) is 41.6. The highest BCUT2D eigenvalue weighted by Crippen LogP contribution is 2.29. The molecule has 2 saturated heterocycles. The Hall–Kier alpha value is -6.24. The van der Waals surface area contributed by atoms with Gasteiger partial charge in [0.25, 0.3) is 0 Å². The molecule has 0 spiro atoms. The molecular weight excluding hydrogens is 741 g/mol. The first-order chi connectivity index (χ1) is 28.6. The summed E-state index contributed by atoms with van der Waals surface area (Å²) < 4.78 is 15.5. The zero-order chi connectivity index (χ0) is 40.8. The second-order valence-corrected chi connectivity index (χ2v) is 16.0. The van der Waals surface area contributed by atoms with Gasteiger partial charge in [-0.05, 0) is 95.7 Å². The van der Waals surface area contributed by atoms with Crippen molar-refractivity contribution in [1.29, 1.82) is 0 Å². The van der Waals surface area contributed by atoms with Gasteiger partial charge in [0.05, 0.1) is 45.4 Å². The third kappa shape index (κ3) is 7.85. The molecule has 2 aliphatic rings. The zero-order valence-corrected chi connectivity index (χ0v) is 34.4. The lowest BCUT2D eigenvalue weighted by Crippen LogP contribution is -2.49. The molecule has 12 heteroatoms. The number of anilines is 2. The molecule has 0 aliphatic carbocycles. The van der Waals surface area contributed by atoms with E-state index in [9.17, 15) is 9.59 Å². The first-order valence-corrected chi connectivity index (χ1v) is 20.6. The number of piperazine rings is 1. The van der Waals surface area contributed by atoms with E-state index in [-0.39, 0.29) is 11.3 Å². The van der Waals surface area contributed by atoms with Crippen LogP contribution in [0.5, 0.6) is 0 Å². The fourth-order valence-electron chi connectivity index (χ4n) is 8.54. The molecular formula is C47H50N8O4. The molecule has 1 N–H and O–H groups in total. The molecule has 2 aliphatic heterocycles. The van der Waals surface area contributed by atoms with Gasteiger partial charge in [0, 0.05) is 116 Å². The number of aryl methyl sites for hydroxylation is 3. The van der Waals surface area contributed by atoms with Gasteiger partial charge in [0.1, 0.15) is 11.2 Å². The fraction of sp³-hybridized carbons (Fsp3) is 0.319. The van der Waals surface area contributed by atoms with Crippen molar-refractivity contribution < 1.29 is 8.83 Å². The van der Waals surface area contributed by atoms with Crippen LogP contribution < -0.4 is 26.4 Å². The summed E-state index contributed by atoms with van der Waals surface area (Å²) in [6.45, 7) is 18.4. The van der Waals surface area contributed by atoms with Crippen molar-refractivity contribution in [2.45, 2.75) is 47.1 Å². The molecule has 0 bridgehead atoms. The lowest BCUT2D eigenvalue weighted by molar-refractivity contribution is 0.310. The standard InChI is InChI=1S/C24H26N4O2.C23H24N4O2/c1-3-26-7-4-8-27(10-9-26)20-6-5-18-12-22(24(29)30-23(18)13-20)19-11-21-14-25-17(2)15-28(21)16-19;1-14-11-26(7-6-24-14)19-5-4-17-8-20(23(28)29-22(17)10-19)18-9-21-16(3)25-15(2)12-27(21)13-18/h5-6,11-16H,3-4,7-10H2,1-2H3;4-5,8-10,12-14,24H,6-7,11H2,1-3H3/t;14-/m.1/s1. The summed E-state index contributed by atoms with van der Waals surface area (Å²) in [5, 5.41) is 5.31. The molecule has 2 aromatic carbocycles. The number of hydrogen-bond acceptors (Lipinski definition) is 10. The molecule has 10 rings (SSSR count). The van der Waals surface area contributed by atoms with Crippen LogP contribution in [0.1, 0.15) is 37.4 Å². The number of hydrogen-bond donors (Lipinski definition) is 1. The van der Waals surface area contributed by atoms with Crippen LogP contribution in [0.4, 0.5) is 11.4 Å². The van der Waals surface area contributed by atoms with Crippen LogP contribution in [-0.2, 0) is 0 Å². The minimum atomic E-state index is -0.318. The Labute approximate surface area is 342 Å². The van der Waals surface area contributed by atoms with Gasteiger partial charge in [-0.15, -0.1) is 0 Å². The molecule has 8 aromatic rings. The van der Waals surface area contributed by atoms with Crippen molar-refractivity contribution in [2.24, 2.45) is 0 Å². The van der Waals surface area contributed by atoms with Crippen molar-refractivity contribution in [3.8, 4) is 22.3 Å². The maximum atomic E-state index is 12.8. The minimum absolute atomic E-state index is 0.312. The molecule has 0 radical (unpaired) electrons. The van der Waals surface area contributed by atoms with E-state index in [1.54, 1.807) is 0 Å². The summed E-state index contributed by atoms with van der Waals surface area (Å²) in [5.41, 5.74) is 10.4. The van der Waals surface area contributed by atoms with Crippen LogP contribution in [0.3, 0.4) is 0 Å². The van der Waals surface area contributed by atoms with E-state index in [1.165, 1.54) is 0 Å². The predicted molar refractivity (Wildman–Crippen MR) is 236 cm³/mol. The summed E-state index contributed by atoms with van der Waals surface area (Å²) in [6.07, 6.45) is 10.8. The normalized spacial score (nSPS) is 16.5. The van der Waals surface area contributed by atoms with E-state index < -0.39 is 0 Å². The van der Waals surface area contributed by atoms with Gasteiger partial charge in [0.2, 0.25) is 0 Å². The molecule has 59 heavy (non-hydrogen) atoms. The van der Waals surface area contributed by atoms with Gasteiger partial charge in [-0.1, -0.05) is 6.92 Å². The van der Waals surface area contributed by atoms with Crippen molar-refractivity contribution in [3.05, 3.63) is 130 Å². The van der Waals surface area contributed by atoms with Crippen LogP contribution in [0, 0.1) is 20.8 Å². The highest BCUT2D eigenvalue weighted by atomic mass is 16.4. The smallest absolute Gasteiger partial charge is 0.344 e. The Morgan fingerprint density at radius 1 is 0.712 bits per heavy atom. The Morgan fingerprint density at radius 3 is 2.07 bits per heavy atom. The molecule has 0 amide bonds. The van der Waals surface area contributed by atoms with Gasteiger partial charge < -0.3 is 37.7 Å². The highest BCUT2D eigenvalue weighted by molar-refractivity contribution is 5.86. The lowest BCUT2D eigenvalue weighted by Gasteiger charge is -2.33. The molecule has 6 aromatic heterocycles. The summed E-state index contributed by atoms with van der Waals surface area (Å²) in [6, 6.07) is 20.6. The number of nitrogens with one attached hydrogen (secondary N) is 1. The topological polar surface area (TPSA) is 117 Å². The number of rotatable bonds is 5. The predicted octanol–water partition coefficient (Wildman–Crippen LogP) is 7.47. The first-order valence-electron chi connectivity index (χ1n) is 20.6. The van der Waals surface area contributed by atoms with Gasteiger partial charge in [-0.2, -0.15) is 0 Å². The number of benzene rings is 2. The van der Waals surface area contributed by atoms with E-state index in [4.69, 9.17) is 8.83 Å². The monoisotopic (exact) mass is 790 g/mol. The van der Waals surface area contributed by atoms with Crippen LogP contribution in [0.15, 0.2) is 110 Å². The fourth-order valence-corrected chi connectivity index (χ4v) is 8.54. The number of fused-ring (bicyclic) bond motifs is 4. The van der Waals surface area contributed by atoms with Crippen LogP contribution in [0.25, 0.3) is 55.2 Å². The van der Waals surface area contributed by atoms with E-state index >= 15 is 0 Å². The molecule has 12 nitrogen and oxygen atoms in total. The Bertz CT molecular complexity index is 2960. The molecule has 0 unspecified atom stereocenters. The molecule has 1 atom stereocenters. The number of nitrogens with zero attached hydrogens (tertiary/aromatic N) is 7. The molecule has 302 valence electrons. The maximum Gasteiger partial charge on any atom is 0.344 e. The van der Waals surface area contributed by atoms with Crippen LogP contribution in [0.2, 0.25) is 0 Å². The second-order valence-electron chi connectivity index (χ2n) is 16.0. The Morgan fingerprint density at radius 2 is 1.37 bits per heavy atom. The minimum Gasteiger partial charge on any atom is -0.422 e. The third-order valence-electron chi connectivity index (χ3n) is 11.7. The number of likely N-dealkylation sites (N-methyl/N-ethyl adjacent to an activating group) is 1. The van der Waals surface area contributed by atoms with Crippen LogP contribution in [-0.4, -0.2) is 82.1 Å². The Balaban J connectivity index is 0.000000152. The quantitative estimate of drug-likeness (QED) is 0.176. The maximum absolute atomic E-state index is 12.8. The summed E-state index contributed by atoms with van der Waals surface area (Å²) in [5.74, 6) is 0. The van der Waals surface area contributed by atoms with Crippen LogP contribution >= 0.6 is 0 Å². The molecule has 0 saturated carbocycles. The zero-order valence-electron chi connectivity index (χ0n) is 34.4. The highest BCUT2D eigenvalue weighted by Gasteiger charge is 2.19. The largest absolute Gasteiger partial charge is 0.422 e. The summed E-state index contributed by atoms with van der Waals surface area (Å²) in [7, 11) is 0. The first kappa shape index (κ1) is 38.3. The molecule has 8 heterocycles. The van der Waals surface area contributed by atoms with Gasteiger partial charge >= 0.3 is 11.3 Å². The summed E-state index contributed by atoms with van der Waals surface area (Å²) >= 11 is 0. The van der Waals surface area contributed by atoms with E-state index in [2.05, 4.69) is 62.0 Å². The van der Waals surface area contributed by atoms with Crippen molar-refractivity contribution in [1.82, 2.24) is 29.0 Å². The SMILES string of the molecule is CCN1CCCN(c2ccc3cc(-c4cc5cnc(C)cn5c4)c(=O)oc3c2)CC1.Cc1cn2cc(-c3cc4ccc(N5CCN[C@H](C)C5)cc4oc3=O)cc2c(C)n1. The van der Waals surface area contributed by atoms with Gasteiger partial charge in [-0.25, -0.2) is 9.59 Å². The van der Waals surface area contributed by atoms with Gasteiger partial charge in [-0.3, -0.25) is 9.97 Å². The average molecular weight is 791 g/mol. The third-order valence-corrected chi connectivity index (χ3v) is 11.7. The molecule has 2 fully saturated rings. The lowest BCUT2D eigenvalue weighted by atomic mass is 10.1. The second kappa shape index (κ2) is 15.8. The van der Waals surface area contributed by atoms with Crippen molar-refractivity contribution >= 4 is 44.3 Å².